The van der Waals surface area contributed by atoms with Gasteiger partial charge in [-0.2, -0.15) is 21.9 Å². The lowest BCUT2D eigenvalue weighted by Gasteiger charge is -2.44. The van der Waals surface area contributed by atoms with Gasteiger partial charge in [0.15, 0.2) is 0 Å². The fourth-order valence-corrected chi connectivity index (χ4v) is 8.22. The zero-order valence-corrected chi connectivity index (χ0v) is 28.9. The average Bonchev–Trinajstić information content (AvgIpc) is 3.68. The van der Waals surface area contributed by atoms with E-state index in [2.05, 4.69) is 185 Å². The van der Waals surface area contributed by atoms with Crippen LogP contribution in [0.2, 0.25) is 0 Å². The van der Waals surface area contributed by atoms with Crippen molar-refractivity contribution in [2.24, 2.45) is 0 Å². The highest BCUT2D eigenvalue weighted by Crippen LogP contribution is 2.21. The maximum atomic E-state index is 5.75. The van der Waals surface area contributed by atoms with Gasteiger partial charge in [0.1, 0.15) is 12.7 Å². The molecule has 0 radical (unpaired) electrons. The van der Waals surface area contributed by atoms with Crippen LogP contribution in [0.4, 0.5) is 0 Å². The minimum atomic E-state index is -1.22. The van der Waals surface area contributed by atoms with Gasteiger partial charge in [-0.3, -0.25) is 9.48 Å². The monoisotopic (exact) mass is 654 g/mol. The first kappa shape index (κ1) is 32.5. The second-order valence-corrected chi connectivity index (χ2v) is 13.7. The van der Waals surface area contributed by atoms with Crippen LogP contribution >= 0.6 is 12.2 Å². The Morgan fingerprint density at radius 1 is 0.510 bits per heavy atom. The Hall–Kier alpha value is -5.06. The Balaban J connectivity index is 0.000000154. The molecule has 0 N–H and O–H groups in total. The second kappa shape index (κ2) is 15.4. The van der Waals surface area contributed by atoms with Crippen molar-refractivity contribution in [2.45, 2.75) is 19.3 Å². The molecule has 2 heterocycles. The van der Waals surface area contributed by atoms with Crippen LogP contribution in [0.15, 0.2) is 176 Å². The first-order valence-electron chi connectivity index (χ1n) is 17.7. The van der Waals surface area contributed by atoms with Gasteiger partial charge in [-0.1, -0.05) is 188 Å². The van der Waals surface area contributed by atoms with Crippen LogP contribution in [-0.4, -0.2) is 52.5 Å². The van der Waals surface area contributed by atoms with Crippen LogP contribution in [0.5, 0.6) is 0 Å². The van der Waals surface area contributed by atoms with Crippen molar-refractivity contribution in [1.82, 2.24) is 4.90 Å². The number of hydrogen-bond donors (Lipinski definition) is 0. The zero-order valence-electron chi connectivity index (χ0n) is 28.1. The predicted molar refractivity (Wildman–Crippen MR) is 214 cm³/mol. The molecule has 6 aromatic rings. The summed E-state index contributed by atoms with van der Waals surface area (Å²) in [4.78, 5) is 3.60. The second-order valence-electron chi connectivity index (χ2n) is 13.2. The lowest BCUT2D eigenvalue weighted by Crippen LogP contribution is -2.74. The third-order valence-corrected chi connectivity index (χ3v) is 10.6. The first-order valence-corrected chi connectivity index (χ1v) is 18.1. The van der Waals surface area contributed by atoms with Crippen molar-refractivity contribution in [1.29, 1.82) is 0 Å². The van der Waals surface area contributed by atoms with E-state index in [-0.39, 0.29) is 0 Å². The summed E-state index contributed by atoms with van der Waals surface area (Å²) >= 11 is 5.75. The van der Waals surface area contributed by atoms with Gasteiger partial charge in [-0.15, -0.1) is 0 Å². The van der Waals surface area contributed by atoms with Gasteiger partial charge in [-0.05, 0) is 23.1 Å². The van der Waals surface area contributed by atoms with Crippen molar-refractivity contribution in [3.63, 3.8) is 0 Å². The Morgan fingerprint density at radius 2 is 0.918 bits per heavy atom. The molecule has 6 aromatic carbocycles. The van der Waals surface area contributed by atoms with Crippen LogP contribution in [0, 0.1) is 0 Å². The molecule has 0 spiro atoms. The van der Waals surface area contributed by atoms with Crippen molar-refractivity contribution in [3.05, 3.63) is 181 Å². The lowest BCUT2D eigenvalue weighted by atomic mass is 9.13. The molecule has 49 heavy (non-hydrogen) atoms. The SMILES string of the molecule is S=C(C[N+]1=C2CCCN2CCC1)c1ccc(-c2ccccc2)cc1.c1ccc([B-](c2ccccc2)(c2ccccc2)c2ccccc2)cc1. The number of benzene rings is 6. The molecule has 0 aromatic heterocycles. The molecular weight excluding hydrogens is 611 g/mol. The molecule has 0 unspecified atom stereocenters. The fraction of sp³-hybridized carbons (Fsp3) is 0.156. The van der Waals surface area contributed by atoms with Gasteiger partial charge in [-0.25, -0.2) is 0 Å². The van der Waals surface area contributed by atoms with E-state index in [0.29, 0.717) is 0 Å². The smallest absolute Gasteiger partial charge is 0.247 e. The van der Waals surface area contributed by atoms with Crippen molar-refractivity contribution in [2.75, 3.05) is 26.2 Å². The third-order valence-electron chi connectivity index (χ3n) is 10.3. The quantitative estimate of drug-likeness (QED) is 0.0752. The van der Waals surface area contributed by atoms with E-state index < -0.39 is 6.15 Å². The van der Waals surface area contributed by atoms with Crippen LogP contribution in [0.3, 0.4) is 0 Å². The highest BCUT2D eigenvalue weighted by Gasteiger charge is 2.32. The van der Waals surface area contributed by atoms with Crippen LogP contribution in [0.1, 0.15) is 24.8 Å². The summed E-state index contributed by atoms with van der Waals surface area (Å²) in [5, 5.41) is 0. The number of nitrogens with zero attached hydrogens (tertiary/aromatic N) is 2. The molecule has 0 amide bonds. The van der Waals surface area contributed by atoms with Gasteiger partial charge in [0.25, 0.3) is 0 Å². The van der Waals surface area contributed by atoms with E-state index in [1.807, 2.05) is 0 Å². The van der Waals surface area contributed by atoms with Gasteiger partial charge in [0.2, 0.25) is 5.84 Å². The summed E-state index contributed by atoms with van der Waals surface area (Å²) in [6.45, 7) is 4.48. The summed E-state index contributed by atoms with van der Waals surface area (Å²) < 4.78 is 2.50. The standard InChI is InChI=1S/C24H20B.C21H23N2S/c1-5-13-21(14-6-1)25(22-15-7-2-8-16-22,23-17-9-3-10-18-23)24-19-11-4-12-20-24;24-20(16-23-15-5-14-22-13-4-8-21(22)23)19-11-9-18(10-12-19)17-6-2-1-3-7-17/h1-20H;1-3,6-7,9-12H,4-5,8,13-16H2/q-1;+1. The van der Waals surface area contributed by atoms with Crippen molar-refractivity contribution < 1.29 is 4.58 Å². The maximum Gasteiger partial charge on any atom is 0.247 e. The molecule has 1 saturated heterocycles. The summed E-state index contributed by atoms with van der Waals surface area (Å²) in [6, 6.07) is 62.7. The molecule has 0 aliphatic carbocycles. The largest absolute Gasteiger partial charge is 0.266 e. The minimum Gasteiger partial charge on any atom is -0.266 e. The number of rotatable bonds is 8. The normalized spacial score (nSPS) is 14.1. The third kappa shape index (κ3) is 7.07. The Morgan fingerprint density at radius 3 is 1.39 bits per heavy atom. The molecule has 0 bridgehead atoms. The lowest BCUT2D eigenvalue weighted by molar-refractivity contribution is -0.523. The summed E-state index contributed by atoms with van der Waals surface area (Å²) in [5.74, 6) is 1.52. The molecule has 4 heteroatoms. The van der Waals surface area contributed by atoms with Crippen molar-refractivity contribution >= 4 is 50.9 Å². The Bertz CT molecular complexity index is 1810. The first-order chi connectivity index (χ1) is 24.2. The molecule has 2 aliphatic rings. The van der Waals surface area contributed by atoms with Crippen LogP contribution in [-0.2, 0) is 0 Å². The summed E-state index contributed by atoms with van der Waals surface area (Å²) in [6.07, 6.45) is 2.55. The Kier molecular flexibility index (Phi) is 10.2. The molecule has 0 saturated carbocycles. The zero-order chi connectivity index (χ0) is 33.3. The molecule has 0 atom stereocenters. The molecule has 2 nitrogen and oxygen atoms in total. The number of amidine groups is 1. The van der Waals surface area contributed by atoms with E-state index in [1.165, 1.54) is 76.7 Å². The highest BCUT2D eigenvalue weighted by molar-refractivity contribution is 7.80. The summed E-state index contributed by atoms with van der Waals surface area (Å²) in [5.41, 5.74) is 9.04. The van der Waals surface area contributed by atoms with E-state index in [1.54, 1.807) is 0 Å². The molecular formula is C45H43BN2S. The topological polar surface area (TPSA) is 6.25 Å². The Labute approximate surface area is 297 Å². The molecule has 1 fully saturated rings. The van der Waals surface area contributed by atoms with E-state index in [4.69, 9.17) is 12.2 Å². The van der Waals surface area contributed by atoms with E-state index >= 15 is 0 Å². The molecule has 242 valence electrons. The number of fused-ring (bicyclic) bond motifs is 1. The van der Waals surface area contributed by atoms with Crippen molar-refractivity contribution in [3.8, 4) is 11.1 Å². The van der Waals surface area contributed by atoms with E-state index in [9.17, 15) is 0 Å². The average molecular weight is 655 g/mol. The highest BCUT2D eigenvalue weighted by atomic mass is 32.1. The summed E-state index contributed by atoms with van der Waals surface area (Å²) in [7, 11) is 0. The minimum absolute atomic E-state index is 0.881. The fourth-order valence-electron chi connectivity index (χ4n) is 7.93. The number of thiocarbonyl (C=S) groups is 1. The van der Waals surface area contributed by atoms with Crippen LogP contribution in [0.25, 0.3) is 11.1 Å². The molecule has 2 aliphatic heterocycles. The van der Waals surface area contributed by atoms with Gasteiger partial charge < -0.3 is 0 Å². The molecule has 8 rings (SSSR count). The number of hydrogen-bond acceptors (Lipinski definition) is 2. The van der Waals surface area contributed by atoms with Gasteiger partial charge >= 0.3 is 0 Å². The van der Waals surface area contributed by atoms with Crippen LogP contribution < -0.4 is 21.9 Å². The predicted octanol–water partition coefficient (Wildman–Crippen LogP) is 7.05. The van der Waals surface area contributed by atoms with E-state index in [0.717, 1.165) is 18.0 Å². The van der Waals surface area contributed by atoms with Gasteiger partial charge in [0, 0.05) is 6.42 Å². The maximum absolute atomic E-state index is 5.75. The van der Waals surface area contributed by atoms with Gasteiger partial charge in [0.05, 0.1) is 30.9 Å².